The summed E-state index contributed by atoms with van der Waals surface area (Å²) in [5.74, 6) is -1.65. The molecule has 2 aromatic carbocycles. The van der Waals surface area contributed by atoms with Crippen LogP contribution in [0.25, 0.3) is 0 Å². The van der Waals surface area contributed by atoms with Crippen LogP contribution in [0.2, 0.25) is 5.02 Å². The van der Waals surface area contributed by atoms with E-state index in [1.807, 2.05) is 0 Å². The van der Waals surface area contributed by atoms with Crippen LogP contribution in [-0.4, -0.2) is 38.8 Å². The molecule has 0 unspecified atom stereocenters. The number of hydrogen-bond acceptors (Lipinski definition) is 4. The molecule has 0 aliphatic carbocycles. The average molecular weight is 545 g/mol. The second kappa shape index (κ2) is 9.86. The first-order valence-corrected chi connectivity index (χ1v) is 11.9. The van der Waals surface area contributed by atoms with Crippen molar-refractivity contribution in [3.05, 3.63) is 52.5 Å². The Bertz CT molecular complexity index is 1190. The van der Waals surface area contributed by atoms with Gasteiger partial charge in [-0.25, -0.2) is 8.42 Å². The highest BCUT2D eigenvalue weighted by atomic mass is 35.5. The van der Waals surface area contributed by atoms with Crippen LogP contribution < -0.4 is 10.1 Å². The Morgan fingerprint density at radius 2 is 1.66 bits per heavy atom. The molecule has 1 amide bonds. The Labute approximate surface area is 201 Å². The number of ether oxygens (including phenoxy) is 1. The number of hydrogen-bond donors (Lipinski definition) is 1. The molecule has 1 saturated heterocycles. The van der Waals surface area contributed by atoms with Crippen molar-refractivity contribution in [2.75, 3.05) is 25.5 Å². The Hall–Kier alpha value is -2.51. The lowest BCUT2D eigenvalue weighted by atomic mass is 9.98. The van der Waals surface area contributed by atoms with Gasteiger partial charge in [0.15, 0.2) is 0 Å². The molecule has 1 aliphatic heterocycles. The second-order valence-electron chi connectivity index (χ2n) is 7.78. The predicted octanol–water partition coefficient (Wildman–Crippen LogP) is 5.43. The van der Waals surface area contributed by atoms with Crippen LogP contribution in [0.15, 0.2) is 41.3 Å². The molecule has 1 fully saturated rings. The number of benzene rings is 2. The van der Waals surface area contributed by atoms with Gasteiger partial charge in [0.05, 0.1) is 34.1 Å². The minimum absolute atomic E-state index is 0.0462. The highest BCUT2D eigenvalue weighted by Gasteiger charge is 2.38. The van der Waals surface area contributed by atoms with Gasteiger partial charge in [0.1, 0.15) is 5.75 Å². The molecule has 3 rings (SSSR count). The number of nitrogens with one attached hydrogen (secondary N) is 1. The Balaban J connectivity index is 1.82. The number of carbonyl (C=O) groups is 1. The van der Waals surface area contributed by atoms with Gasteiger partial charge in [0.2, 0.25) is 15.9 Å². The molecule has 1 atom stereocenters. The SMILES string of the molecule is COc1ccc(S(=O)(=O)N2CCC[C@@H](C(=O)Nc3cc(C(F)(F)F)cc(C(F)(F)F)c3)C2)cc1Cl. The molecule has 1 aliphatic rings. The summed E-state index contributed by atoms with van der Waals surface area (Å²) >= 11 is 6.00. The summed E-state index contributed by atoms with van der Waals surface area (Å²) in [6.07, 6.45) is -9.71. The van der Waals surface area contributed by atoms with Crippen LogP contribution in [0.3, 0.4) is 0 Å². The number of halogens is 7. The zero-order valence-corrected chi connectivity index (χ0v) is 19.6. The normalized spacial score (nSPS) is 17.8. The maximum absolute atomic E-state index is 13.1. The predicted molar refractivity (Wildman–Crippen MR) is 115 cm³/mol. The summed E-state index contributed by atoms with van der Waals surface area (Å²) in [5.41, 5.74) is -3.85. The van der Waals surface area contributed by atoms with E-state index in [1.54, 1.807) is 0 Å². The molecule has 0 bridgehead atoms. The Morgan fingerprint density at radius 3 is 2.17 bits per heavy atom. The van der Waals surface area contributed by atoms with Crippen molar-refractivity contribution in [1.29, 1.82) is 0 Å². The van der Waals surface area contributed by atoms with Gasteiger partial charge in [-0.2, -0.15) is 30.6 Å². The summed E-state index contributed by atoms with van der Waals surface area (Å²) in [6, 6.07) is 4.54. The highest BCUT2D eigenvalue weighted by molar-refractivity contribution is 7.89. The molecular weight excluding hydrogens is 526 g/mol. The molecule has 0 spiro atoms. The van der Waals surface area contributed by atoms with Crippen molar-refractivity contribution in [2.24, 2.45) is 5.92 Å². The second-order valence-corrected chi connectivity index (χ2v) is 10.1. The third-order valence-electron chi connectivity index (χ3n) is 5.37. The van der Waals surface area contributed by atoms with Crippen LogP contribution in [0.4, 0.5) is 32.0 Å². The van der Waals surface area contributed by atoms with E-state index in [0.29, 0.717) is 12.1 Å². The van der Waals surface area contributed by atoms with E-state index in [4.69, 9.17) is 16.3 Å². The quantitative estimate of drug-likeness (QED) is 0.510. The maximum atomic E-state index is 13.1. The highest BCUT2D eigenvalue weighted by Crippen LogP contribution is 2.38. The molecule has 35 heavy (non-hydrogen) atoms. The molecule has 0 radical (unpaired) electrons. The number of alkyl halides is 6. The minimum atomic E-state index is -5.07. The van der Waals surface area contributed by atoms with Gasteiger partial charge in [-0.05, 0) is 49.2 Å². The fourth-order valence-corrected chi connectivity index (χ4v) is 5.48. The lowest BCUT2D eigenvalue weighted by molar-refractivity contribution is -0.143. The smallest absolute Gasteiger partial charge is 0.416 e. The number of carbonyl (C=O) groups excluding carboxylic acids is 1. The van der Waals surface area contributed by atoms with Gasteiger partial charge in [-0.3, -0.25) is 4.79 Å². The summed E-state index contributed by atoms with van der Waals surface area (Å²) in [5, 5.41) is 2.12. The van der Waals surface area contributed by atoms with Crippen LogP contribution in [0.1, 0.15) is 24.0 Å². The van der Waals surface area contributed by atoms with E-state index >= 15 is 0 Å². The van der Waals surface area contributed by atoms with Gasteiger partial charge in [0, 0.05) is 18.8 Å². The third-order valence-corrected chi connectivity index (χ3v) is 7.53. The summed E-state index contributed by atoms with van der Waals surface area (Å²) in [4.78, 5) is 12.5. The summed E-state index contributed by atoms with van der Waals surface area (Å²) in [6.45, 7) is -0.250. The molecule has 2 aromatic rings. The Kier molecular flexibility index (Phi) is 7.63. The van der Waals surface area contributed by atoms with Gasteiger partial charge in [0.25, 0.3) is 0 Å². The van der Waals surface area contributed by atoms with E-state index in [-0.39, 0.29) is 47.7 Å². The van der Waals surface area contributed by atoms with E-state index < -0.39 is 51.0 Å². The minimum Gasteiger partial charge on any atom is -0.495 e. The van der Waals surface area contributed by atoms with E-state index in [9.17, 15) is 39.6 Å². The fraction of sp³-hybridized carbons (Fsp3) is 0.381. The molecule has 0 saturated carbocycles. The van der Waals surface area contributed by atoms with Crippen molar-refractivity contribution in [1.82, 2.24) is 4.31 Å². The number of amides is 1. The average Bonchev–Trinajstić information content (AvgIpc) is 2.77. The topological polar surface area (TPSA) is 75.7 Å². The van der Waals surface area contributed by atoms with E-state index in [0.717, 1.165) is 4.31 Å². The number of piperidine rings is 1. The zero-order valence-electron chi connectivity index (χ0n) is 18.0. The van der Waals surface area contributed by atoms with Crippen molar-refractivity contribution < 1.29 is 44.3 Å². The van der Waals surface area contributed by atoms with Gasteiger partial charge in [-0.15, -0.1) is 0 Å². The molecule has 0 aromatic heterocycles. The first-order valence-electron chi connectivity index (χ1n) is 10.1. The number of nitrogens with zero attached hydrogens (tertiary/aromatic N) is 1. The first-order chi connectivity index (χ1) is 16.1. The van der Waals surface area contributed by atoms with Crippen molar-refractivity contribution >= 4 is 33.2 Å². The molecule has 1 heterocycles. The van der Waals surface area contributed by atoms with Crippen LogP contribution in [0, 0.1) is 5.92 Å². The fourth-order valence-electron chi connectivity index (χ4n) is 3.60. The first kappa shape index (κ1) is 27.1. The molecular formula is C21H19ClF6N2O4S. The number of methoxy groups -OCH3 is 1. The monoisotopic (exact) mass is 544 g/mol. The largest absolute Gasteiger partial charge is 0.495 e. The number of sulfonamides is 1. The lowest BCUT2D eigenvalue weighted by Crippen LogP contribution is -2.43. The van der Waals surface area contributed by atoms with Crippen LogP contribution in [-0.2, 0) is 27.2 Å². The summed E-state index contributed by atoms with van der Waals surface area (Å²) < 4.78 is 111. The number of anilines is 1. The zero-order chi connectivity index (χ0) is 26.2. The third kappa shape index (κ3) is 6.19. The van der Waals surface area contributed by atoms with Gasteiger partial charge in [-0.1, -0.05) is 11.6 Å². The lowest BCUT2D eigenvalue weighted by Gasteiger charge is -2.31. The molecule has 192 valence electrons. The maximum Gasteiger partial charge on any atom is 0.416 e. The molecule has 6 nitrogen and oxygen atoms in total. The van der Waals surface area contributed by atoms with Crippen LogP contribution >= 0.6 is 11.6 Å². The van der Waals surface area contributed by atoms with Crippen molar-refractivity contribution in [2.45, 2.75) is 30.1 Å². The molecule has 14 heteroatoms. The molecule has 1 N–H and O–H groups in total. The van der Waals surface area contributed by atoms with Crippen LogP contribution in [0.5, 0.6) is 5.75 Å². The summed E-state index contributed by atoms with van der Waals surface area (Å²) in [7, 11) is -2.73. The van der Waals surface area contributed by atoms with Gasteiger partial charge >= 0.3 is 12.4 Å². The number of rotatable bonds is 5. The van der Waals surface area contributed by atoms with Gasteiger partial charge < -0.3 is 10.1 Å². The van der Waals surface area contributed by atoms with E-state index in [2.05, 4.69) is 5.32 Å². The Morgan fingerprint density at radius 1 is 1.06 bits per heavy atom. The van der Waals surface area contributed by atoms with Crippen molar-refractivity contribution in [3.8, 4) is 5.75 Å². The standard InChI is InChI=1S/C21H19ClF6N2O4S/c1-34-18-5-4-16(10-17(18)22)35(32,33)30-6-2-3-12(11-30)19(31)29-15-8-13(20(23,24)25)7-14(9-15)21(26,27)28/h4-5,7-10,12H,2-3,6,11H2,1H3,(H,29,31)/t12-/m1/s1. The van der Waals surface area contributed by atoms with E-state index in [1.165, 1.54) is 25.3 Å². The van der Waals surface area contributed by atoms with Crippen molar-refractivity contribution in [3.63, 3.8) is 0 Å².